The first kappa shape index (κ1) is 12.6. The summed E-state index contributed by atoms with van der Waals surface area (Å²) in [7, 11) is 1.62. The van der Waals surface area contributed by atoms with Gasteiger partial charge in [-0.1, -0.05) is 12.1 Å². The summed E-state index contributed by atoms with van der Waals surface area (Å²) in [5.41, 5.74) is 6.69. The maximum absolute atomic E-state index is 12.1. The lowest BCUT2D eigenvalue weighted by atomic mass is 9.90. The molecule has 1 aromatic rings. The number of rotatable bonds is 4. The van der Waals surface area contributed by atoms with E-state index in [2.05, 4.69) is 0 Å². The molecule has 5 nitrogen and oxygen atoms in total. The van der Waals surface area contributed by atoms with Crippen LogP contribution in [0, 0.1) is 5.92 Å². The van der Waals surface area contributed by atoms with Crippen molar-refractivity contribution in [2.75, 3.05) is 31.7 Å². The number of carbonyl (C=O) groups is 2. The number of hydrogen-bond donors (Lipinski definition) is 1. The predicted octanol–water partition coefficient (Wildman–Crippen LogP) is 0.437. The predicted molar refractivity (Wildman–Crippen MR) is 67.5 cm³/mol. The van der Waals surface area contributed by atoms with E-state index in [4.69, 9.17) is 10.5 Å². The maximum Gasteiger partial charge on any atom is 0.230 e. The van der Waals surface area contributed by atoms with Gasteiger partial charge in [-0.15, -0.1) is 0 Å². The van der Waals surface area contributed by atoms with E-state index in [1.54, 1.807) is 19.2 Å². The molecule has 1 amide bonds. The molecule has 2 N–H and O–H groups in total. The van der Waals surface area contributed by atoms with Crippen LogP contribution in [-0.4, -0.2) is 38.5 Å². The van der Waals surface area contributed by atoms with Crippen LogP contribution in [0.15, 0.2) is 24.3 Å². The number of carbonyl (C=O) groups excluding carboxylic acids is 2. The topological polar surface area (TPSA) is 72.6 Å². The van der Waals surface area contributed by atoms with E-state index in [0.29, 0.717) is 25.3 Å². The summed E-state index contributed by atoms with van der Waals surface area (Å²) in [5.74, 6) is -1.53. The molecule has 0 spiro atoms. The summed E-state index contributed by atoms with van der Waals surface area (Å²) in [6, 6.07) is 7.26. The van der Waals surface area contributed by atoms with Gasteiger partial charge in [0.1, 0.15) is 5.92 Å². The molecule has 18 heavy (non-hydrogen) atoms. The first-order chi connectivity index (χ1) is 8.65. The molecule has 0 saturated carbocycles. The number of ketones is 1. The number of hydrogen-bond acceptors (Lipinski definition) is 4. The molecule has 0 radical (unpaired) electrons. The normalized spacial score (nSPS) is 18.6. The average Bonchev–Trinajstić information content (AvgIpc) is 2.38. The van der Waals surface area contributed by atoms with Crippen molar-refractivity contribution >= 4 is 17.4 Å². The summed E-state index contributed by atoms with van der Waals surface area (Å²) in [6.07, 6.45) is 0. The number of para-hydroxylation sites is 1. The molecule has 1 aromatic carbocycles. The van der Waals surface area contributed by atoms with Crippen LogP contribution in [0.2, 0.25) is 0 Å². The van der Waals surface area contributed by atoms with Crippen molar-refractivity contribution in [3.63, 3.8) is 0 Å². The zero-order valence-electron chi connectivity index (χ0n) is 10.3. The van der Waals surface area contributed by atoms with Gasteiger partial charge in [0.15, 0.2) is 5.78 Å². The fourth-order valence-corrected chi connectivity index (χ4v) is 2.18. The van der Waals surface area contributed by atoms with Crippen molar-refractivity contribution in [2.24, 2.45) is 11.7 Å². The van der Waals surface area contributed by atoms with Gasteiger partial charge in [-0.05, 0) is 12.1 Å². The smallest absolute Gasteiger partial charge is 0.230 e. The number of amides is 1. The molecule has 1 aliphatic rings. The molecule has 0 saturated heterocycles. The van der Waals surface area contributed by atoms with Crippen molar-refractivity contribution in [1.82, 2.24) is 0 Å². The van der Waals surface area contributed by atoms with Gasteiger partial charge in [-0.2, -0.15) is 0 Å². The molecule has 0 bridgehead atoms. The largest absolute Gasteiger partial charge is 0.383 e. The fraction of sp³-hybridized carbons (Fsp3) is 0.385. The number of benzene rings is 1. The van der Waals surface area contributed by atoms with Crippen molar-refractivity contribution in [3.8, 4) is 0 Å². The molecule has 0 aliphatic carbocycles. The third kappa shape index (κ3) is 2.22. The van der Waals surface area contributed by atoms with E-state index in [1.807, 2.05) is 17.0 Å². The van der Waals surface area contributed by atoms with Gasteiger partial charge >= 0.3 is 0 Å². The second-order valence-corrected chi connectivity index (χ2v) is 4.28. The third-order valence-electron chi connectivity index (χ3n) is 3.14. The Morgan fingerprint density at radius 2 is 2.22 bits per heavy atom. The number of methoxy groups -OCH3 is 1. The number of ether oxygens (including phenoxy) is 1. The quantitative estimate of drug-likeness (QED) is 0.785. The number of primary amides is 1. The van der Waals surface area contributed by atoms with Gasteiger partial charge in [0.25, 0.3) is 0 Å². The van der Waals surface area contributed by atoms with E-state index in [0.717, 1.165) is 5.69 Å². The minimum atomic E-state index is -0.767. The zero-order chi connectivity index (χ0) is 13.1. The van der Waals surface area contributed by atoms with Crippen molar-refractivity contribution in [2.45, 2.75) is 0 Å². The molecule has 2 rings (SSSR count). The van der Waals surface area contributed by atoms with Crippen LogP contribution in [0.25, 0.3) is 0 Å². The number of anilines is 1. The van der Waals surface area contributed by atoms with E-state index in [1.165, 1.54) is 0 Å². The van der Waals surface area contributed by atoms with Gasteiger partial charge < -0.3 is 15.4 Å². The Bertz CT molecular complexity index is 473. The van der Waals surface area contributed by atoms with Crippen LogP contribution >= 0.6 is 0 Å². The second-order valence-electron chi connectivity index (χ2n) is 4.28. The molecular formula is C13H16N2O3. The molecular weight excluding hydrogens is 232 g/mol. The minimum absolute atomic E-state index is 0.188. The monoisotopic (exact) mass is 248 g/mol. The van der Waals surface area contributed by atoms with Gasteiger partial charge in [0, 0.05) is 31.5 Å². The number of fused-ring (bicyclic) bond motifs is 1. The Morgan fingerprint density at radius 3 is 2.89 bits per heavy atom. The Hall–Kier alpha value is -1.88. The molecule has 96 valence electrons. The molecule has 0 aromatic heterocycles. The van der Waals surface area contributed by atoms with Crippen LogP contribution in [0.1, 0.15) is 10.4 Å². The highest BCUT2D eigenvalue weighted by Gasteiger charge is 2.34. The Labute approximate surface area is 106 Å². The van der Waals surface area contributed by atoms with E-state index >= 15 is 0 Å². The minimum Gasteiger partial charge on any atom is -0.383 e. The first-order valence-electron chi connectivity index (χ1n) is 5.81. The summed E-state index contributed by atoms with van der Waals surface area (Å²) in [6.45, 7) is 1.49. The summed E-state index contributed by atoms with van der Waals surface area (Å²) < 4.78 is 5.04. The van der Waals surface area contributed by atoms with Crippen molar-refractivity contribution < 1.29 is 14.3 Å². The van der Waals surface area contributed by atoms with Gasteiger partial charge in [-0.3, -0.25) is 9.59 Å². The van der Waals surface area contributed by atoms with Crippen LogP contribution < -0.4 is 10.6 Å². The van der Waals surface area contributed by atoms with Gasteiger partial charge in [-0.25, -0.2) is 0 Å². The molecule has 5 heteroatoms. The van der Waals surface area contributed by atoms with Crippen LogP contribution in [0.3, 0.4) is 0 Å². The molecule has 1 atom stereocenters. The Kier molecular flexibility index (Phi) is 3.62. The Balaban J connectivity index is 2.35. The van der Waals surface area contributed by atoms with Crippen molar-refractivity contribution in [1.29, 1.82) is 0 Å². The van der Waals surface area contributed by atoms with E-state index < -0.39 is 11.8 Å². The van der Waals surface area contributed by atoms with E-state index in [-0.39, 0.29) is 5.78 Å². The maximum atomic E-state index is 12.1. The number of nitrogens with two attached hydrogens (primary N) is 1. The highest BCUT2D eigenvalue weighted by atomic mass is 16.5. The SMILES string of the molecule is COCCN1CC(C(N)=O)C(=O)c2ccccc21. The molecule has 1 aliphatic heterocycles. The summed E-state index contributed by atoms with van der Waals surface area (Å²) >= 11 is 0. The highest BCUT2D eigenvalue weighted by Crippen LogP contribution is 2.29. The summed E-state index contributed by atoms with van der Waals surface area (Å²) in [5, 5.41) is 0. The second kappa shape index (κ2) is 5.18. The number of Topliss-reactive ketones (excluding diaryl/α,β-unsaturated/α-hetero) is 1. The standard InChI is InChI=1S/C13H16N2O3/c1-18-7-6-15-8-10(13(14)17)12(16)9-4-2-3-5-11(9)15/h2-5,10H,6-8H2,1H3,(H2,14,17). The average molecular weight is 248 g/mol. The lowest BCUT2D eigenvalue weighted by Gasteiger charge is -2.33. The lowest BCUT2D eigenvalue weighted by molar-refractivity contribution is -0.120. The number of nitrogens with zero attached hydrogens (tertiary/aromatic N) is 1. The molecule has 1 unspecified atom stereocenters. The third-order valence-corrected chi connectivity index (χ3v) is 3.14. The zero-order valence-corrected chi connectivity index (χ0v) is 10.3. The van der Waals surface area contributed by atoms with Gasteiger partial charge in [0.2, 0.25) is 5.91 Å². The van der Waals surface area contributed by atoms with Crippen LogP contribution in [0.4, 0.5) is 5.69 Å². The first-order valence-corrected chi connectivity index (χ1v) is 5.81. The molecule has 1 heterocycles. The summed E-state index contributed by atoms with van der Waals surface area (Å²) in [4.78, 5) is 25.4. The fourth-order valence-electron chi connectivity index (χ4n) is 2.18. The van der Waals surface area contributed by atoms with Gasteiger partial charge in [0.05, 0.1) is 6.61 Å². The molecule has 0 fully saturated rings. The Morgan fingerprint density at radius 1 is 1.50 bits per heavy atom. The van der Waals surface area contributed by atoms with Crippen LogP contribution in [0.5, 0.6) is 0 Å². The van der Waals surface area contributed by atoms with E-state index in [9.17, 15) is 9.59 Å². The highest BCUT2D eigenvalue weighted by molar-refractivity contribution is 6.14. The van der Waals surface area contributed by atoms with Crippen molar-refractivity contribution in [3.05, 3.63) is 29.8 Å². The van der Waals surface area contributed by atoms with Crippen LogP contribution in [-0.2, 0) is 9.53 Å². The lowest BCUT2D eigenvalue weighted by Crippen LogP contribution is -2.46.